The van der Waals surface area contributed by atoms with Gasteiger partial charge in [-0.25, -0.2) is 0 Å². The molecule has 0 aromatic heterocycles. The highest BCUT2D eigenvalue weighted by Crippen LogP contribution is 2.35. The van der Waals surface area contributed by atoms with Crippen LogP contribution in [0.25, 0.3) is 0 Å². The van der Waals surface area contributed by atoms with Crippen LogP contribution in [0.4, 0.5) is 0 Å². The molecule has 0 saturated heterocycles. The summed E-state index contributed by atoms with van der Waals surface area (Å²) in [6.45, 7) is 1.96. The van der Waals surface area contributed by atoms with E-state index in [9.17, 15) is 15.2 Å². The number of nitrogens with zero attached hydrogens (tertiary/aromatic N) is 1. The molecule has 1 amide bonds. The molecule has 0 radical (unpaired) electrons. The monoisotopic (exact) mass is 258 g/mol. The lowest BCUT2D eigenvalue weighted by atomic mass is 9.89. The lowest BCUT2D eigenvalue weighted by Gasteiger charge is -2.28. The van der Waals surface area contributed by atoms with Gasteiger partial charge in [0.1, 0.15) is 5.54 Å². The van der Waals surface area contributed by atoms with E-state index in [1.165, 1.54) is 0 Å². The lowest BCUT2D eigenvalue weighted by Crippen LogP contribution is -2.50. The predicted molar refractivity (Wildman–Crippen MR) is 70.9 cm³/mol. The molecule has 0 heterocycles. The Bertz CT molecular complexity index is 495. The van der Waals surface area contributed by atoms with Gasteiger partial charge in [-0.15, -0.1) is 0 Å². The van der Waals surface area contributed by atoms with Crippen LogP contribution in [-0.4, -0.2) is 16.6 Å². The van der Waals surface area contributed by atoms with Crippen molar-refractivity contribution in [1.82, 2.24) is 5.32 Å². The van der Waals surface area contributed by atoms with Gasteiger partial charge in [0.2, 0.25) is 0 Å². The van der Waals surface area contributed by atoms with Crippen LogP contribution >= 0.6 is 0 Å². The fraction of sp³-hybridized carbons (Fsp3) is 0.467. The Morgan fingerprint density at radius 2 is 2.21 bits per heavy atom. The van der Waals surface area contributed by atoms with Gasteiger partial charge >= 0.3 is 0 Å². The van der Waals surface area contributed by atoms with Gasteiger partial charge in [0.25, 0.3) is 5.91 Å². The van der Waals surface area contributed by atoms with E-state index in [1.807, 2.05) is 13.0 Å². The largest absolute Gasteiger partial charge is 0.378 e. The average Bonchev–Trinajstić information content (AvgIpc) is 2.80. The first-order valence-electron chi connectivity index (χ1n) is 6.55. The van der Waals surface area contributed by atoms with Crippen molar-refractivity contribution < 1.29 is 9.90 Å². The van der Waals surface area contributed by atoms with Gasteiger partial charge < -0.3 is 10.4 Å². The van der Waals surface area contributed by atoms with Gasteiger partial charge in [-0.2, -0.15) is 5.26 Å². The molecule has 0 bridgehead atoms. The second-order valence-corrected chi connectivity index (χ2v) is 5.18. The van der Waals surface area contributed by atoms with Crippen LogP contribution in [-0.2, 0) is 4.79 Å². The molecule has 1 aromatic rings. The summed E-state index contributed by atoms with van der Waals surface area (Å²) in [5.74, 6) is -0.383. The molecule has 1 fully saturated rings. The normalized spacial score (nSPS) is 27.5. The SMILES string of the molecule is CC1CCCC1(C#N)NC(=O)C(O)c1ccccc1. The highest BCUT2D eigenvalue weighted by atomic mass is 16.3. The summed E-state index contributed by atoms with van der Waals surface area (Å²) in [5, 5.41) is 22.1. The minimum absolute atomic E-state index is 0.115. The minimum atomic E-state index is -1.22. The summed E-state index contributed by atoms with van der Waals surface area (Å²) < 4.78 is 0. The van der Waals surface area contributed by atoms with Crippen LogP contribution in [0.15, 0.2) is 30.3 Å². The molecule has 19 heavy (non-hydrogen) atoms. The van der Waals surface area contributed by atoms with Crippen molar-refractivity contribution >= 4 is 5.91 Å². The number of rotatable bonds is 3. The fourth-order valence-corrected chi connectivity index (χ4v) is 2.63. The van der Waals surface area contributed by atoms with Crippen LogP contribution in [0.5, 0.6) is 0 Å². The van der Waals surface area contributed by atoms with Gasteiger partial charge in [-0.05, 0) is 30.7 Å². The zero-order chi connectivity index (χ0) is 13.9. The van der Waals surface area contributed by atoms with E-state index in [0.29, 0.717) is 12.0 Å². The summed E-state index contributed by atoms with van der Waals surface area (Å²) in [7, 11) is 0. The smallest absolute Gasteiger partial charge is 0.254 e. The third-order valence-electron chi connectivity index (χ3n) is 3.96. The molecule has 1 aliphatic carbocycles. The first-order valence-corrected chi connectivity index (χ1v) is 6.55. The van der Waals surface area contributed by atoms with E-state index in [4.69, 9.17) is 0 Å². The predicted octanol–water partition coefficient (Wildman–Crippen LogP) is 1.92. The van der Waals surface area contributed by atoms with E-state index in [-0.39, 0.29) is 5.92 Å². The maximum absolute atomic E-state index is 12.1. The van der Waals surface area contributed by atoms with Gasteiger partial charge in [-0.3, -0.25) is 4.79 Å². The molecule has 3 unspecified atom stereocenters. The summed E-state index contributed by atoms with van der Waals surface area (Å²) in [6, 6.07) is 11.0. The zero-order valence-electron chi connectivity index (χ0n) is 11.0. The number of aliphatic hydroxyl groups excluding tert-OH is 1. The molecule has 100 valence electrons. The molecule has 0 aliphatic heterocycles. The third kappa shape index (κ3) is 2.61. The first-order chi connectivity index (χ1) is 9.09. The Labute approximate surface area is 113 Å². The molecule has 1 saturated carbocycles. The van der Waals surface area contributed by atoms with E-state index >= 15 is 0 Å². The number of hydrogen-bond donors (Lipinski definition) is 2. The highest BCUT2D eigenvalue weighted by Gasteiger charge is 2.42. The van der Waals surface area contributed by atoms with Crippen molar-refractivity contribution in [2.75, 3.05) is 0 Å². The molecule has 4 heteroatoms. The topological polar surface area (TPSA) is 73.1 Å². The summed E-state index contributed by atoms with van der Waals surface area (Å²) in [6.07, 6.45) is 1.28. The Morgan fingerprint density at radius 1 is 1.53 bits per heavy atom. The lowest BCUT2D eigenvalue weighted by molar-refractivity contribution is -0.131. The number of benzene rings is 1. The zero-order valence-corrected chi connectivity index (χ0v) is 11.0. The van der Waals surface area contributed by atoms with Gasteiger partial charge in [0, 0.05) is 0 Å². The summed E-state index contributed by atoms with van der Waals surface area (Å²) in [4.78, 5) is 12.1. The summed E-state index contributed by atoms with van der Waals surface area (Å²) >= 11 is 0. The average molecular weight is 258 g/mol. The van der Waals surface area contributed by atoms with Gasteiger partial charge in [-0.1, -0.05) is 37.3 Å². The molecule has 1 aliphatic rings. The fourth-order valence-electron chi connectivity index (χ4n) is 2.63. The molecule has 2 rings (SSSR count). The Morgan fingerprint density at radius 3 is 2.74 bits per heavy atom. The quantitative estimate of drug-likeness (QED) is 0.870. The van der Waals surface area contributed by atoms with Crippen molar-refractivity contribution in [2.45, 2.75) is 37.8 Å². The Balaban J connectivity index is 2.11. The van der Waals surface area contributed by atoms with Crippen LogP contribution in [0, 0.1) is 17.2 Å². The van der Waals surface area contributed by atoms with Crippen LogP contribution in [0.2, 0.25) is 0 Å². The number of hydrogen-bond acceptors (Lipinski definition) is 3. The maximum atomic E-state index is 12.1. The molecule has 3 atom stereocenters. The molecule has 0 spiro atoms. The number of nitriles is 1. The molecule has 2 N–H and O–H groups in total. The third-order valence-corrected chi connectivity index (χ3v) is 3.96. The van der Waals surface area contributed by atoms with Gasteiger partial charge in [0.05, 0.1) is 6.07 Å². The maximum Gasteiger partial charge on any atom is 0.254 e. The molecular formula is C15H18N2O2. The minimum Gasteiger partial charge on any atom is -0.378 e. The molecule has 1 aromatic carbocycles. The standard InChI is InChI=1S/C15H18N2O2/c1-11-6-5-9-15(11,10-16)17-14(19)13(18)12-7-3-2-4-8-12/h2-4,7-8,11,13,18H,5-6,9H2,1H3,(H,17,19). The van der Waals surface area contributed by atoms with Crippen LogP contribution in [0.1, 0.15) is 37.9 Å². The van der Waals surface area contributed by atoms with Crippen molar-refractivity contribution in [2.24, 2.45) is 5.92 Å². The Kier molecular flexibility index (Phi) is 3.87. The number of amides is 1. The highest BCUT2D eigenvalue weighted by molar-refractivity contribution is 5.83. The Hall–Kier alpha value is -1.86. The van der Waals surface area contributed by atoms with E-state index < -0.39 is 17.6 Å². The molecular weight excluding hydrogens is 240 g/mol. The summed E-state index contributed by atoms with van der Waals surface area (Å²) in [5.41, 5.74) is -0.286. The van der Waals surface area contributed by atoms with E-state index in [1.54, 1.807) is 24.3 Å². The van der Waals surface area contributed by atoms with Crippen molar-refractivity contribution in [3.05, 3.63) is 35.9 Å². The second-order valence-electron chi connectivity index (χ2n) is 5.18. The second kappa shape index (κ2) is 5.41. The number of aliphatic hydroxyl groups is 1. The number of nitrogens with one attached hydrogen (secondary N) is 1. The number of carbonyl (C=O) groups is 1. The van der Waals surface area contributed by atoms with Crippen LogP contribution < -0.4 is 5.32 Å². The first kappa shape index (κ1) is 13.6. The van der Waals surface area contributed by atoms with Crippen molar-refractivity contribution in [3.8, 4) is 6.07 Å². The van der Waals surface area contributed by atoms with Crippen molar-refractivity contribution in [1.29, 1.82) is 5.26 Å². The van der Waals surface area contributed by atoms with Crippen LogP contribution in [0.3, 0.4) is 0 Å². The van der Waals surface area contributed by atoms with E-state index in [2.05, 4.69) is 11.4 Å². The van der Waals surface area contributed by atoms with E-state index in [0.717, 1.165) is 12.8 Å². The van der Waals surface area contributed by atoms with Crippen molar-refractivity contribution in [3.63, 3.8) is 0 Å². The number of carbonyl (C=O) groups excluding carboxylic acids is 1. The van der Waals surface area contributed by atoms with Gasteiger partial charge in [0.15, 0.2) is 6.10 Å². The molecule has 4 nitrogen and oxygen atoms in total.